The van der Waals surface area contributed by atoms with Crippen LogP contribution in [0.2, 0.25) is 5.02 Å². The molecule has 0 aliphatic rings. The Bertz CT molecular complexity index is 401. The fourth-order valence-electron chi connectivity index (χ4n) is 1.19. The van der Waals surface area contributed by atoms with Crippen molar-refractivity contribution in [2.45, 2.75) is 12.5 Å². The molecule has 0 spiro atoms. The molecule has 0 fully saturated rings. The maximum atomic E-state index is 11.7. The molecule has 4 nitrogen and oxygen atoms in total. The van der Waals surface area contributed by atoms with E-state index >= 15 is 0 Å². The number of anilines is 1. The number of halogens is 2. The van der Waals surface area contributed by atoms with E-state index in [0.29, 0.717) is 23.7 Å². The van der Waals surface area contributed by atoms with Gasteiger partial charge in [-0.15, -0.1) is 0 Å². The standard InChI is InChI=1S/C11H14BrClN2O2/c1-17-5-4-9(14)11(16)15-10-6-7(13)2-3-8(10)12/h2-3,6,9H,4-5,14H2,1H3,(H,15,16). The summed E-state index contributed by atoms with van der Waals surface area (Å²) < 4.78 is 5.62. The van der Waals surface area contributed by atoms with Crippen LogP contribution in [0.4, 0.5) is 5.69 Å². The van der Waals surface area contributed by atoms with Crippen LogP contribution in [0, 0.1) is 0 Å². The first-order chi connectivity index (χ1) is 8.04. The second-order valence-electron chi connectivity index (χ2n) is 3.50. The molecule has 0 aromatic heterocycles. The Hall–Kier alpha value is -0.620. The quantitative estimate of drug-likeness (QED) is 0.875. The smallest absolute Gasteiger partial charge is 0.241 e. The minimum Gasteiger partial charge on any atom is -0.385 e. The van der Waals surface area contributed by atoms with Crippen molar-refractivity contribution < 1.29 is 9.53 Å². The summed E-state index contributed by atoms with van der Waals surface area (Å²) in [5.74, 6) is -0.259. The maximum absolute atomic E-state index is 11.7. The highest BCUT2D eigenvalue weighted by molar-refractivity contribution is 9.10. The van der Waals surface area contributed by atoms with Crippen molar-refractivity contribution in [2.75, 3.05) is 19.0 Å². The van der Waals surface area contributed by atoms with Crippen LogP contribution in [0.25, 0.3) is 0 Å². The second-order valence-corrected chi connectivity index (χ2v) is 4.79. The Morgan fingerprint density at radius 2 is 2.35 bits per heavy atom. The molecule has 0 bridgehead atoms. The van der Waals surface area contributed by atoms with E-state index < -0.39 is 6.04 Å². The monoisotopic (exact) mass is 320 g/mol. The molecule has 0 heterocycles. The summed E-state index contributed by atoms with van der Waals surface area (Å²) in [4.78, 5) is 11.7. The molecule has 1 amide bonds. The van der Waals surface area contributed by atoms with Gasteiger partial charge in [0.2, 0.25) is 5.91 Å². The number of hydrogen-bond acceptors (Lipinski definition) is 3. The maximum Gasteiger partial charge on any atom is 0.241 e. The van der Waals surface area contributed by atoms with E-state index in [1.54, 1.807) is 25.3 Å². The Labute approximate surface area is 114 Å². The van der Waals surface area contributed by atoms with Crippen LogP contribution in [-0.2, 0) is 9.53 Å². The zero-order valence-electron chi connectivity index (χ0n) is 9.37. The topological polar surface area (TPSA) is 64.3 Å². The van der Waals surface area contributed by atoms with Crippen LogP contribution >= 0.6 is 27.5 Å². The fourth-order valence-corrected chi connectivity index (χ4v) is 1.71. The number of rotatable bonds is 5. The van der Waals surface area contributed by atoms with E-state index in [1.807, 2.05) is 0 Å². The third kappa shape index (κ3) is 4.63. The van der Waals surface area contributed by atoms with Crippen LogP contribution in [0.1, 0.15) is 6.42 Å². The molecule has 0 saturated heterocycles. The van der Waals surface area contributed by atoms with Crippen LogP contribution in [-0.4, -0.2) is 25.7 Å². The van der Waals surface area contributed by atoms with Crippen LogP contribution in [0.3, 0.4) is 0 Å². The number of nitrogens with one attached hydrogen (secondary N) is 1. The third-order valence-electron chi connectivity index (χ3n) is 2.16. The van der Waals surface area contributed by atoms with Gasteiger partial charge < -0.3 is 15.8 Å². The highest BCUT2D eigenvalue weighted by atomic mass is 79.9. The Kier molecular flexibility index (Phi) is 5.91. The molecule has 1 atom stereocenters. The van der Waals surface area contributed by atoms with Gasteiger partial charge in [-0.25, -0.2) is 0 Å². The lowest BCUT2D eigenvalue weighted by molar-refractivity contribution is -0.117. The summed E-state index contributed by atoms with van der Waals surface area (Å²) in [6.45, 7) is 0.450. The first kappa shape index (κ1) is 14.4. The number of ether oxygens (including phenoxy) is 1. The molecule has 0 aliphatic carbocycles. The summed E-state index contributed by atoms with van der Waals surface area (Å²) >= 11 is 9.16. The Morgan fingerprint density at radius 3 is 3.00 bits per heavy atom. The third-order valence-corrected chi connectivity index (χ3v) is 3.08. The molecule has 94 valence electrons. The van der Waals surface area contributed by atoms with Gasteiger partial charge in [0.15, 0.2) is 0 Å². The zero-order valence-corrected chi connectivity index (χ0v) is 11.7. The fraction of sp³-hybridized carbons (Fsp3) is 0.364. The average molecular weight is 322 g/mol. The molecule has 3 N–H and O–H groups in total. The molecule has 6 heteroatoms. The van der Waals surface area contributed by atoms with Gasteiger partial charge >= 0.3 is 0 Å². The molecular weight excluding hydrogens is 307 g/mol. The molecule has 17 heavy (non-hydrogen) atoms. The van der Waals surface area contributed by atoms with E-state index in [1.165, 1.54) is 0 Å². The molecule has 0 aliphatic heterocycles. The number of nitrogens with two attached hydrogens (primary N) is 1. The average Bonchev–Trinajstić information content (AvgIpc) is 2.30. The SMILES string of the molecule is COCCC(N)C(=O)Nc1cc(Cl)ccc1Br. The van der Waals surface area contributed by atoms with Gasteiger partial charge in [0.1, 0.15) is 0 Å². The van der Waals surface area contributed by atoms with Crippen molar-refractivity contribution in [1.29, 1.82) is 0 Å². The minimum atomic E-state index is -0.596. The summed E-state index contributed by atoms with van der Waals surface area (Å²) in [6.07, 6.45) is 0.473. The van der Waals surface area contributed by atoms with Crippen molar-refractivity contribution in [3.05, 3.63) is 27.7 Å². The molecule has 1 aromatic rings. The number of benzene rings is 1. The molecule has 1 rings (SSSR count). The first-order valence-corrected chi connectivity index (χ1v) is 6.22. The molecule has 0 radical (unpaired) electrons. The minimum absolute atomic E-state index is 0.259. The summed E-state index contributed by atoms with van der Waals surface area (Å²) in [5, 5.41) is 3.26. The van der Waals surface area contributed by atoms with E-state index in [-0.39, 0.29) is 5.91 Å². The number of carbonyl (C=O) groups excluding carboxylic acids is 1. The van der Waals surface area contributed by atoms with E-state index in [2.05, 4.69) is 21.2 Å². The van der Waals surface area contributed by atoms with Gasteiger partial charge in [-0.2, -0.15) is 0 Å². The van der Waals surface area contributed by atoms with Gasteiger partial charge in [-0.05, 0) is 40.5 Å². The summed E-state index contributed by atoms with van der Waals surface area (Å²) in [6, 6.07) is 4.55. The Morgan fingerprint density at radius 1 is 1.65 bits per heavy atom. The molecule has 1 aromatic carbocycles. The Balaban J connectivity index is 2.64. The van der Waals surface area contributed by atoms with E-state index in [4.69, 9.17) is 22.1 Å². The number of hydrogen-bond donors (Lipinski definition) is 2. The lowest BCUT2D eigenvalue weighted by atomic mass is 10.2. The van der Waals surface area contributed by atoms with Crippen LogP contribution in [0.5, 0.6) is 0 Å². The molecule has 0 saturated carbocycles. The van der Waals surface area contributed by atoms with Crippen molar-refractivity contribution in [2.24, 2.45) is 5.73 Å². The normalized spacial score (nSPS) is 12.2. The highest BCUT2D eigenvalue weighted by Crippen LogP contribution is 2.25. The summed E-state index contributed by atoms with van der Waals surface area (Å²) in [5.41, 5.74) is 6.31. The van der Waals surface area contributed by atoms with Gasteiger partial charge in [-0.1, -0.05) is 11.6 Å². The van der Waals surface area contributed by atoms with E-state index in [9.17, 15) is 4.79 Å². The van der Waals surface area contributed by atoms with Gasteiger partial charge in [0, 0.05) is 23.2 Å². The molecular formula is C11H14BrClN2O2. The summed E-state index contributed by atoms with van der Waals surface area (Å²) in [7, 11) is 1.57. The predicted octanol–water partition coefficient (Wildman–Crippen LogP) is 2.40. The van der Waals surface area contributed by atoms with Gasteiger partial charge in [0.05, 0.1) is 11.7 Å². The second kappa shape index (κ2) is 6.96. The van der Waals surface area contributed by atoms with Crippen molar-refractivity contribution >= 4 is 39.1 Å². The highest BCUT2D eigenvalue weighted by Gasteiger charge is 2.14. The zero-order chi connectivity index (χ0) is 12.8. The van der Waals surface area contributed by atoms with Crippen LogP contribution in [0.15, 0.2) is 22.7 Å². The van der Waals surface area contributed by atoms with Crippen molar-refractivity contribution in [3.63, 3.8) is 0 Å². The van der Waals surface area contributed by atoms with Gasteiger partial charge in [-0.3, -0.25) is 4.79 Å². The van der Waals surface area contributed by atoms with Crippen molar-refractivity contribution in [1.82, 2.24) is 0 Å². The number of amides is 1. The van der Waals surface area contributed by atoms with Gasteiger partial charge in [0.25, 0.3) is 0 Å². The van der Waals surface area contributed by atoms with Crippen LogP contribution < -0.4 is 11.1 Å². The number of carbonyl (C=O) groups is 1. The lowest BCUT2D eigenvalue weighted by Gasteiger charge is -2.13. The van der Waals surface area contributed by atoms with Crippen molar-refractivity contribution in [3.8, 4) is 0 Å². The lowest BCUT2D eigenvalue weighted by Crippen LogP contribution is -2.36. The number of methoxy groups -OCH3 is 1. The molecule has 1 unspecified atom stereocenters. The predicted molar refractivity (Wildman–Crippen MR) is 72.3 cm³/mol. The first-order valence-electron chi connectivity index (χ1n) is 5.05. The largest absolute Gasteiger partial charge is 0.385 e. The van der Waals surface area contributed by atoms with E-state index in [0.717, 1.165) is 4.47 Å².